The van der Waals surface area contributed by atoms with E-state index in [0.29, 0.717) is 0 Å². The van der Waals surface area contributed by atoms with Crippen LogP contribution < -0.4 is 6.15 Å². The van der Waals surface area contributed by atoms with Crippen molar-refractivity contribution in [3.05, 3.63) is 0 Å². The summed E-state index contributed by atoms with van der Waals surface area (Å²) < 4.78 is 187. The van der Waals surface area contributed by atoms with Crippen LogP contribution in [0.4, 0.5) is 66.0 Å². The molecular formula is C8H4F15NO2. The summed E-state index contributed by atoms with van der Waals surface area (Å²) >= 11 is 0. The molecule has 3 N–H and O–H groups in total. The monoisotopic (exact) mass is 431 g/mol. The minimum Gasteiger partial charge on any atom is -0.344 e. The summed E-state index contributed by atoms with van der Waals surface area (Å²) in [5, 5.41) is 0. The summed E-state index contributed by atoms with van der Waals surface area (Å²) in [6.45, 7) is 0. The molecule has 0 radical (unpaired) electrons. The zero-order chi connectivity index (χ0) is 20.9. The number of alkyl halides is 14. The molecule has 0 unspecified atom stereocenters. The minimum absolute atomic E-state index is 0. The Kier molecular flexibility index (Phi) is 7.00. The fraction of sp³-hybridized carbons (Fsp3) is 0.875. The summed E-state index contributed by atoms with van der Waals surface area (Å²) in [4.78, 5) is 11.3. The van der Waals surface area contributed by atoms with Gasteiger partial charge in [-0.1, -0.05) is 0 Å². The molecule has 0 spiro atoms. The summed E-state index contributed by atoms with van der Waals surface area (Å²) in [5.41, 5.74) is 0. The Hall–Kier alpha value is -1.62. The number of carbonyl (C=O) groups is 1. The third-order valence-electron chi connectivity index (χ3n) is 2.60. The highest BCUT2D eigenvalue weighted by atomic mass is 19.4. The number of hydrogen-bond donors (Lipinski definition) is 1. The molecule has 26 heavy (non-hydrogen) atoms. The van der Waals surface area contributed by atoms with E-state index in [1.165, 1.54) is 4.94 Å². The van der Waals surface area contributed by atoms with Gasteiger partial charge in [-0.25, -0.2) is 18.5 Å². The van der Waals surface area contributed by atoms with E-state index in [4.69, 9.17) is 0 Å². The first-order valence-electron chi connectivity index (χ1n) is 5.06. The molecule has 0 heterocycles. The molecule has 0 aliphatic carbocycles. The molecule has 0 rings (SSSR count). The molecule has 158 valence electrons. The van der Waals surface area contributed by atoms with Crippen LogP contribution in [0.5, 0.6) is 0 Å². The third kappa shape index (κ3) is 3.11. The second-order valence-corrected chi connectivity index (χ2v) is 4.16. The van der Waals surface area contributed by atoms with Crippen LogP contribution in [-0.2, 0) is 9.74 Å². The first-order valence-corrected chi connectivity index (χ1v) is 5.06. The lowest BCUT2D eigenvalue weighted by Crippen LogP contribution is -2.72. The Labute approximate surface area is 131 Å². The summed E-state index contributed by atoms with van der Waals surface area (Å²) in [6, 6.07) is 0. The zero-order valence-electron chi connectivity index (χ0n) is 11.3. The lowest BCUT2D eigenvalue weighted by atomic mass is 9.91. The van der Waals surface area contributed by atoms with Crippen molar-refractivity contribution in [1.29, 1.82) is 0 Å². The Morgan fingerprint density at radius 2 is 0.962 bits per heavy atom. The Bertz CT molecular complexity index is 516. The maximum atomic E-state index is 12.9. The number of rotatable bonds is 7. The van der Waals surface area contributed by atoms with Crippen LogP contribution in [0.1, 0.15) is 0 Å². The molecule has 0 aliphatic rings. The predicted molar refractivity (Wildman–Crippen MR) is 47.9 cm³/mol. The van der Waals surface area contributed by atoms with Gasteiger partial charge in [0.15, 0.2) is 0 Å². The highest BCUT2D eigenvalue weighted by molar-refractivity contribution is 5.78. The quantitative estimate of drug-likeness (QED) is 0.597. The fourth-order valence-electron chi connectivity index (χ4n) is 1.11. The van der Waals surface area contributed by atoms with Crippen molar-refractivity contribution in [2.75, 3.05) is 0 Å². The SMILES string of the molecule is N.O=C(OF)C(F)(F)C(F)(F)C(F)(F)C(F)(F)C(F)(F)C(F)(F)C(F)F. The van der Waals surface area contributed by atoms with Crippen LogP contribution in [0.2, 0.25) is 0 Å². The van der Waals surface area contributed by atoms with E-state index < -0.39 is 47.9 Å². The number of halogens is 15. The molecule has 0 saturated carbocycles. The van der Waals surface area contributed by atoms with Crippen molar-refractivity contribution in [3.63, 3.8) is 0 Å². The first-order chi connectivity index (χ1) is 10.7. The summed E-state index contributed by atoms with van der Waals surface area (Å²) in [7, 11) is 0. The van der Waals surface area contributed by atoms with Gasteiger partial charge in [0.1, 0.15) is 0 Å². The maximum absolute atomic E-state index is 12.9. The molecular weight excluding hydrogens is 427 g/mol. The standard InChI is InChI=1S/C8HF15O2.H3N/c9-1(10)3(11,12)5(15,16)7(19,20)8(21,22)6(17,18)4(13,14)2(24)25-23;/h1H;1H3. The van der Waals surface area contributed by atoms with Crippen molar-refractivity contribution >= 4 is 5.97 Å². The van der Waals surface area contributed by atoms with Crippen molar-refractivity contribution < 1.29 is 75.7 Å². The number of hydrogen-bond acceptors (Lipinski definition) is 3. The van der Waals surface area contributed by atoms with Gasteiger partial charge < -0.3 is 6.15 Å². The smallest absolute Gasteiger partial charge is 0.344 e. The highest BCUT2D eigenvalue weighted by Gasteiger charge is 2.92. The first kappa shape index (κ1) is 26.6. The van der Waals surface area contributed by atoms with E-state index in [2.05, 4.69) is 0 Å². The van der Waals surface area contributed by atoms with Gasteiger partial charge in [0.05, 0.1) is 0 Å². The van der Waals surface area contributed by atoms with Gasteiger partial charge in [-0.3, -0.25) is 0 Å². The van der Waals surface area contributed by atoms with Gasteiger partial charge in [0, 0.05) is 4.53 Å². The van der Waals surface area contributed by atoms with Crippen LogP contribution in [0.25, 0.3) is 0 Å². The molecule has 0 atom stereocenters. The highest BCUT2D eigenvalue weighted by Crippen LogP contribution is 2.60. The third-order valence-corrected chi connectivity index (χ3v) is 2.60. The molecule has 0 saturated heterocycles. The van der Waals surface area contributed by atoms with Crippen molar-refractivity contribution in [2.45, 2.75) is 42.0 Å². The largest absolute Gasteiger partial charge is 0.424 e. The summed E-state index contributed by atoms with van der Waals surface area (Å²) in [5.74, 6) is -51.5. The van der Waals surface area contributed by atoms with Gasteiger partial charge in [0.25, 0.3) is 0 Å². The van der Waals surface area contributed by atoms with E-state index in [-0.39, 0.29) is 6.15 Å². The van der Waals surface area contributed by atoms with Gasteiger partial charge in [-0.2, -0.15) is 52.7 Å². The van der Waals surface area contributed by atoms with Crippen LogP contribution in [0.15, 0.2) is 0 Å². The van der Waals surface area contributed by atoms with E-state index >= 15 is 0 Å². The molecule has 3 nitrogen and oxygen atoms in total. The van der Waals surface area contributed by atoms with Gasteiger partial charge in [0.2, 0.25) is 0 Å². The topological polar surface area (TPSA) is 61.3 Å². The maximum Gasteiger partial charge on any atom is 0.424 e. The van der Waals surface area contributed by atoms with Crippen LogP contribution in [0.3, 0.4) is 0 Å². The van der Waals surface area contributed by atoms with E-state index in [1.807, 2.05) is 0 Å². The van der Waals surface area contributed by atoms with E-state index in [1.54, 1.807) is 0 Å². The fourth-order valence-corrected chi connectivity index (χ4v) is 1.11. The Balaban J connectivity index is 0. The van der Waals surface area contributed by atoms with Gasteiger partial charge in [-0.05, 0) is 0 Å². The van der Waals surface area contributed by atoms with Crippen LogP contribution in [0, 0.1) is 0 Å². The molecule has 0 aromatic heterocycles. The lowest BCUT2D eigenvalue weighted by molar-refractivity contribution is -0.430. The van der Waals surface area contributed by atoms with E-state index in [9.17, 15) is 70.8 Å². The van der Waals surface area contributed by atoms with E-state index in [0.717, 1.165) is 0 Å². The molecule has 0 bridgehead atoms. The lowest BCUT2D eigenvalue weighted by Gasteiger charge is -2.40. The van der Waals surface area contributed by atoms with Crippen molar-refractivity contribution in [3.8, 4) is 0 Å². The Morgan fingerprint density at radius 3 is 1.23 bits per heavy atom. The van der Waals surface area contributed by atoms with Crippen molar-refractivity contribution in [1.82, 2.24) is 6.15 Å². The zero-order valence-corrected chi connectivity index (χ0v) is 11.3. The second-order valence-electron chi connectivity index (χ2n) is 4.16. The molecule has 0 aliphatic heterocycles. The van der Waals surface area contributed by atoms with Crippen LogP contribution in [-0.4, -0.2) is 47.9 Å². The molecule has 18 heteroatoms. The molecule has 0 aromatic rings. The van der Waals surface area contributed by atoms with Crippen LogP contribution >= 0.6 is 0 Å². The van der Waals surface area contributed by atoms with Gasteiger partial charge in [-0.15, -0.1) is 0 Å². The summed E-state index contributed by atoms with van der Waals surface area (Å²) in [6.07, 6.45) is -5.82. The predicted octanol–water partition coefficient (Wildman–Crippen LogP) is 4.65. The average molecular weight is 431 g/mol. The molecule has 0 aromatic carbocycles. The second kappa shape index (κ2) is 6.84. The van der Waals surface area contributed by atoms with Gasteiger partial charge >= 0.3 is 47.9 Å². The Morgan fingerprint density at radius 1 is 0.654 bits per heavy atom. The average Bonchev–Trinajstić information content (AvgIpc) is 2.44. The molecule has 0 fully saturated rings. The minimum atomic E-state index is -8.27. The number of carbonyl (C=O) groups excluding carboxylic acids is 1. The molecule has 0 amide bonds. The normalized spacial score (nSPS) is 14.9. The van der Waals surface area contributed by atoms with Crippen molar-refractivity contribution in [2.24, 2.45) is 0 Å².